The van der Waals surface area contributed by atoms with E-state index in [0.717, 1.165) is 54.2 Å². The first kappa shape index (κ1) is 34.2. The van der Waals surface area contributed by atoms with Crippen LogP contribution in [0.5, 0.6) is 11.5 Å². The first-order valence-electron chi connectivity index (χ1n) is 16.0. The van der Waals surface area contributed by atoms with E-state index in [9.17, 15) is 4.79 Å². The minimum Gasteiger partial charge on any atom is -0.497 e. The molecule has 0 radical (unpaired) electrons. The van der Waals surface area contributed by atoms with Gasteiger partial charge in [0.05, 0.1) is 42.5 Å². The van der Waals surface area contributed by atoms with Gasteiger partial charge < -0.3 is 29.9 Å². The van der Waals surface area contributed by atoms with Crippen LogP contribution in [-0.2, 0) is 4.79 Å². The molecule has 11 heteroatoms. The van der Waals surface area contributed by atoms with Gasteiger partial charge in [0.1, 0.15) is 11.5 Å². The lowest BCUT2D eigenvalue weighted by Gasteiger charge is -2.26. The van der Waals surface area contributed by atoms with Crippen LogP contribution in [0.3, 0.4) is 0 Å². The summed E-state index contributed by atoms with van der Waals surface area (Å²) in [6, 6.07) is 11.4. The Kier molecular flexibility index (Phi) is 12.4. The molecule has 1 amide bonds. The fourth-order valence-corrected chi connectivity index (χ4v) is 5.41. The van der Waals surface area contributed by atoms with Gasteiger partial charge in [0.2, 0.25) is 11.9 Å². The number of fused-ring (bicyclic) bond motifs is 1. The number of hydrogen-bond donors (Lipinski definition) is 2. The van der Waals surface area contributed by atoms with E-state index in [2.05, 4.69) is 45.8 Å². The molecule has 0 bridgehead atoms. The van der Waals surface area contributed by atoms with Crippen molar-refractivity contribution in [2.75, 3.05) is 63.0 Å². The van der Waals surface area contributed by atoms with Gasteiger partial charge >= 0.3 is 0 Å². The zero-order valence-electron chi connectivity index (χ0n) is 28.1. The lowest BCUT2D eigenvalue weighted by Crippen LogP contribution is -2.32. The van der Waals surface area contributed by atoms with Crippen LogP contribution in [0.4, 0.5) is 23.0 Å². The molecule has 11 nitrogen and oxygen atoms in total. The van der Waals surface area contributed by atoms with Gasteiger partial charge in [0.25, 0.3) is 0 Å². The molecule has 2 aromatic heterocycles. The molecule has 1 fully saturated rings. The number of aromatic nitrogens is 4. The lowest BCUT2D eigenvalue weighted by molar-refractivity contribution is -0.111. The van der Waals surface area contributed by atoms with Crippen molar-refractivity contribution in [3.8, 4) is 17.3 Å². The Hall–Kier alpha value is -4.64. The zero-order valence-corrected chi connectivity index (χ0v) is 28.1. The average molecular weight is 629 g/mol. The minimum absolute atomic E-state index is 0.301. The first-order chi connectivity index (χ1) is 22.3. The Bertz CT molecular complexity index is 1610. The third kappa shape index (κ3) is 8.54. The third-order valence-corrected chi connectivity index (χ3v) is 8.01. The molecule has 0 unspecified atom stereocenters. The van der Waals surface area contributed by atoms with Crippen LogP contribution in [0.1, 0.15) is 51.6 Å². The number of ether oxygens (including phenoxy) is 2. The van der Waals surface area contributed by atoms with Gasteiger partial charge in [-0.25, -0.2) is 9.67 Å². The SMILES string of the molecule is C=CC(=O)Nc1cc(Nc2nccc(-n3nc(C)c4ccc(OC)cc43)n2)c(OC)cc1N(C)CCN1CCCC1.CCCCC. The van der Waals surface area contributed by atoms with E-state index in [1.807, 2.05) is 44.3 Å². The second kappa shape index (κ2) is 16.6. The number of nitrogens with zero attached hydrogens (tertiary/aromatic N) is 6. The number of aryl methyl sites for hydroxylation is 1. The molecule has 4 aromatic rings. The molecule has 246 valence electrons. The number of unbranched alkanes of at least 4 members (excludes halogenated alkanes) is 2. The summed E-state index contributed by atoms with van der Waals surface area (Å²) < 4.78 is 12.9. The number of carbonyl (C=O) groups is 1. The van der Waals surface area contributed by atoms with Gasteiger partial charge in [-0.05, 0) is 57.1 Å². The summed E-state index contributed by atoms with van der Waals surface area (Å²) in [5, 5.41) is 11.9. The van der Waals surface area contributed by atoms with E-state index >= 15 is 0 Å². The van der Waals surface area contributed by atoms with Crippen molar-refractivity contribution in [1.29, 1.82) is 0 Å². The predicted molar refractivity (Wildman–Crippen MR) is 187 cm³/mol. The van der Waals surface area contributed by atoms with Crippen LogP contribution in [0.2, 0.25) is 0 Å². The molecule has 0 atom stereocenters. The Labute approximate surface area is 272 Å². The molecule has 0 saturated carbocycles. The van der Waals surface area contributed by atoms with Crippen molar-refractivity contribution in [1.82, 2.24) is 24.6 Å². The molecule has 46 heavy (non-hydrogen) atoms. The molecule has 0 aliphatic carbocycles. The van der Waals surface area contributed by atoms with Crippen LogP contribution in [0, 0.1) is 6.92 Å². The van der Waals surface area contributed by atoms with Gasteiger partial charge in [0.15, 0.2) is 5.82 Å². The Morgan fingerprint density at radius 2 is 1.83 bits per heavy atom. The first-order valence-corrected chi connectivity index (χ1v) is 16.0. The highest BCUT2D eigenvalue weighted by Crippen LogP contribution is 2.38. The smallest absolute Gasteiger partial charge is 0.247 e. The van der Waals surface area contributed by atoms with Crippen LogP contribution in [0.15, 0.2) is 55.3 Å². The molecule has 1 aliphatic heterocycles. The molecule has 0 spiro atoms. The van der Waals surface area contributed by atoms with Gasteiger partial charge in [-0.2, -0.15) is 10.1 Å². The topological polar surface area (TPSA) is 110 Å². The second-order valence-corrected chi connectivity index (χ2v) is 11.3. The fourth-order valence-electron chi connectivity index (χ4n) is 5.41. The fraction of sp³-hybridized carbons (Fsp3) is 0.429. The van der Waals surface area contributed by atoms with Gasteiger partial charge in [-0.3, -0.25) is 4.79 Å². The Balaban J connectivity index is 0.000000892. The summed E-state index contributed by atoms with van der Waals surface area (Å²) in [5.41, 5.74) is 3.82. The maximum absolute atomic E-state index is 12.4. The minimum atomic E-state index is -0.301. The summed E-state index contributed by atoms with van der Waals surface area (Å²) >= 11 is 0. The molecule has 5 rings (SSSR count). The lowest BCUT2D eigenvalue weighted by atomic mass is 10.2. The normalized spacial score (nSPS) is 12.7. The van der Waals surface area contributed by atoms with Crippen molar-refractivity contribution in [2.24, 2.45) is 0 Å². The highest BCUT2D eigenvalue weighted by molar-refractivity contribution is 6.02. The van der Waals surface area contributed by atoms with Gasteiger partial charge in [0, 0.05) is 49.9 Å². The number of methoxy groups -OCH3 is 2. The molecule has 2 aromatic carbocycles. The van der Waals surface area contributed by atoms with E-state index in [0.29, 0.717) is 28.9 Å². The van der Waals surface area contributed by atoms with Crippen molar-refractivity contribution in [3.63, 3.8) is 0 Å². The number of nitrogens with one attached hydrogen (secondary N) is 2. The molecule has 3 heterocycles. The van der Waals surface area contributed by atoms with E-state index in [4.69, 9.17) is 19.6 Å². The van der Waals surface area contributed by atoms with Crippen molar-refractivity contribution >= 4 is 39.8 Å². The number of likely N-dealkylation sites (N-methyl/N-ethyl adjacent to an activating group) is 1. The van der Waals surface area contributed by atoms with E-state index < -0.39 is 0 Å². The number of carbonyl (C=O) groups excluding carboxylic acids is 1. The highest BCUT2D eigenvalue weighted by Gasteiger charge is 2.19. The van der Waals surface area contributed by atoms with E-state index in [-0.39, 0.29) is 5.91 Å². The maximum atomic E-state index is 12.4. The van der Waals surface area contributed by atoms with Gasteiger partial charge in [-0.1, -0.05) is 39.7 Å². The predicted octanol–water partition coefficient (Wildman–Crippen LogP) is 6.74. The summed E-state index contributed by atoms with van der Waals surface area (Å²) in [4.78, 5) is 26.1. The van der Waals surface area contributed by atoms with E-state index in [1.165, 1.54) is 38.2 Å². The number of likely N-dealkylation sites (tertiary alicyclic amines) is 1. The number of anilines is 4. The standard InChI is InChI=1S/C30H36N8O3.C5H12/c1-6-29(39)32-23-18-24(27(41-5)19-26(23)36(3)15-16-37-13-7-8-14-37)33-30-31-12-11-28(34-30)38-25-17-21(40-4)9-10-22(25)20(2)35-38;1-3-5-4-2/h6,9-12,17-19H,1,7-8,13-16H2,2-5H3,(H,32,39)(H,31,33,34);3-5H2,1-2H3. The van der Waals surface area contributed by atoms with Crippen molar-refractivity contribution < 1.29 is 14.3 Å². The van der Waals surface area contributed by atoms with Crippen molar-refractivity contribution in [2.45, 2.75) is 52.9 Å². The monoisotopic (exact) mass is 628 g/mol. The van der Waals surface area contributed by atoms with Crippen LogP contribution in [0.25, 0.3) is 16.7 Å². The number of amides is 1. The highest BCUT2D eigenvalue weighted by atomic mass is 16.5. The molecule has 2 N–H and O–H groups in total. The largest absolute Gasteiger partial charge is 0.497 e. The zero-order chi connectivity index (χ0) is 33.1. The average Bonchev–Trinajstić information content (AvgIpc) is 3.72. The quantitative estimate of drug-likeness (QED) is 0.156. The maximum Gasteiger partial charge on any atom is 0.247 e. The third-order valence-electron chi connectivity index (χ3n) is 8.01. The molecular weight excluding hydrogens is 580 g/mol. The van der Waals surface area contributed by atoms with Crippen LogP contribution >= 0.6 is 0 Å². The summed E-state index contributed by atoms with van der Waals surface area (Å²) in [7, 11) is 5.26. The second-order valence-electron chi connectivity index (χ2n) is 11.3. The Morgan fingerprint density at radius 3 is 2.48 bits per heavy atom. The van der Waals surface area contributed by atoms with Crippen LogP contribution in [-0.4, -0.2) is 78.0 Å². The van der Waals surface area contributed by atoms with E-state index in [1.54, 1.807) is 31.2 Å². The van der Waals surface area contributed by atoms with Crippen LogP contribution < -0.4 is 25.0 Å². The number of benzene rings is 2. The number of hydrogen-bond acceptors (Lipinski definition) is 9. The summed E-state index contributed by atoms with van der Waals surface area (Å²) in [6.45, 7) is 14.0. The molecule has 1 saturated heterocycles. The van der Waals surface area contributed by atoms with Gasteiger partial charge in [-0.15, -0.1) is 0 Å². The van der Waals surface area contributed by atoms with Crippen molar-refractivity contribution in [3.05, 3.63) is 60.9 Å². The Morgan fingerprint density at radius 1 is 1.07 bits per heavy atom. The summed E-state index contributed by atoms with van der Waals surface area (Å²) in [5.74, 6) is 1.96. The number of rotatable bonds is 13. The molecular formula is C35H48N8O3. The summed E-state index contributed by atoms with van der Waals surface area (Å²) in [6.07, 6.45) is 9.48. The molecule has 1 aliphatic rings.